The van der Waals surface area contributed by atoms with Crippen molar-refractivity contribution in [2.24, 2.45) is 0 Å². The molecule has 2 rings (SSSR count). The van der Waals surface area contributed by atoms with Gasteiger partial charge in [0.05, 0.1) is 12.6 Å². The molecular formula is C13H18N2O2. The van der Waals surface area contributed by atoms with Gasteiger partial charge in [-0.25, -0.2) is 0 Å². The molecule has 17 heavy (non-hydrogen) atoms. The smallest absolute Gasteiger partial charge is 0.239 e. The van der Waals surface area contributed by atoms with Gasteiger partial charge >= 0.3 is 0 Å². The molecule has 2 N–H and O–H groups in total. The van der Waals surface area contributed by atoms with E-state index >= 15 is 0 Å². The number of benzene rings is 1. The number of amides is 1. The van der Waals surface area contributed by atoms with E-state index in [-0.39, 0.29) is 5.91 Å². The Bertz CT molecular complexity index is 387. The number of carbonyl (C=O) groups is 1. The average molecular weight is 234 g/mol. The Labute approximate surface area is 101 Å². The topological polar surface area (TPSA) is 52.6 Å². The molecule has 4 nitrogen and oxygen atoms in total. The first-order valence-electron chi connectivity index (χ1n) is 5.96. The van der Waals surface area contributed by atoms with Crippen LogP contribution in [0.15, 0.2) is 24.3 Å². The van der Waals surface area contributed by atoms with Crippen molar-refractivity contribution in [2.45, 2.75) is 19.4 Å². The minimum Gasteiger partial charge on any atom is -0.389 e. The summed E-state index contributed by atoms with van der Waals surface area (Å²) in [6.45, 7) is 3.79. The van der Waals surface area contributed by atoms with Crippen LogP contribution in [0, 0.1) is 0 Å². The van der Waals surface area contributed by atoms with Crippen molar-refractivity contribution in [2.75, 3.05) is 24.5 Å². The molecule has 0 bridgehead atoms. The van der Waals surface area contributed by atoms with Crippen molar-refractivity contribution in [3.05, 3.63) is 29.8 Å². The molecule has 1 amide bonds. The van der Waals surface area contributed by atoms with Gasteiger partial charge in [0, 0.05) is 18.8 Å². The molecule has 0 aliphatic carbocycles. The lowest BCUT2D eigenvalue weighted by molar-refractivity contribution is -0.119. The van der Waals surface area contributed by atoms with E-state index in [0.717, 1.165) is 30.8 Å². The zero-order valence-electron chi connectivity index (χ0n) is 10.0. The second kappa shape index (κ2) is 5.19. The summed E-state index contributed by atoms with van der Waals surface area (Å²) in [6.07, 6.45) is 0.514. The first-order chi connectivity index (χ1) is 8.16. The molecule has 1 atom stereocenters. The SMILES string of the molecule is CC(O)c1ccc(N2CCCNC(=O)C2)cc1. The van der Waals surface area contributed by atoms with Crippen molar-refractivity contribution in [3.8, 4) is 0 Å². The minimum atomic E-state index is -0.448. The highest BCUT2D eigenvalue weighted by Crippen LogP contribution is 2.19. The summed E-state index contributed by atoms with van der Waals surface area (Å²) < 4.78 is 0. The van der Waals surface area contributed by atoms with E-state index in [0.29, 0.717) is 6.54 Å². The van der Waals surface area contributed by atoms with Gasteiger partial charge in [-0.05, 0) is 31.0 Å². The molecule has 1 fully saturated rings. The standard InChI is InChI=1S/C13H18N2O2/c1-10(16)11-3-5-12(6-4-11)15-8-2-7-14-13(17)9-15/h3-6,10,16H,2,7-9H2,1H3,(H,14,17). The van der Waals surface area contributed by atoms with Crippen molar-refractivity contribution in [1.29, 1.82) is 0 Å². The summed E-state index contributed by atoms with van der Waals surface area (Å²) in [5.74, 6) is 0.0714. The van der Waals surface area contributed by atoms with Gasteiger partial charge in [-0.15, -0.1) is 0 Å². The van der Waals surface area contributed by atoms with Crippen LogP contribution in [0.25, 0.3) is 0 Å². The number of anilines is 1. The fourth-order valence-corrected chi connectivity index (χ4v) is 1.99. The summed E-state index contributed by atoms with van der Waals surface area (Å²) >= 11 is 0. The molecule has 0 aromatic heterocycles. The summed E-state index contributed by atoms with van der Waals surface area (Å²) in [5, 5.41) is 12.3. The maximum absolute atomic E-state index is 11.4. The molecular weight excluding hydrogens is 216 g/mol. The van der Waals surface area contributed by atoms with Gasteiger partial charge in [-0.2, -0.15) is 0 Å². The third-order valence-electron chi connectivity index (χ3n) is 3.00. The molecule has 0 radical (unpaired) electrons. The summed E-state index contributed by atoms with van der Waals surface area (Å²) in [5.41, 5.74) is 1.93. The van der Waals surface area contributed by atoms with E-state index in [4.69, 9.17) is 0 Å². The van der Waals surface area contributed by atoms with Crippen molar-refractivity contribution >= 4 is 11.6 Å². The number of aliphatic hydroxyl groups excluding tert-OH is 1. The maximum atomic E-state index is 11.4. The maximum Gasteiger partial charge on any atom is 0.239 e. The Hall–Kier alpha value is -1.55. The second-order valence-electron chi connectivity index (χ2n) is 4.39. The summed E-state index contributed by atoms with van der Waals surface area (Å²) in [4.78, 5) is 13.5. The quantitative estimate of drug-likeness (QED) is 0.804. The Morgan fingerprint density at radius 2 is 2.06 bits per heavy atom. The Morgan fingerprint density at radius 1 is 1.35 bits per heavy atom. The van der Waals surface area contributed by atoms with E-state index in [1.54, 1.807) is 6.92 Å². The zero-order valence-corrected chi connectivity index (χ0v) is 10.0. The van der Waals surface area contributed by atoms with E-state index in [9.17, 15) is 9.90 Å². The van der Waals surface area contributed by atoms with Crippen molar-refractivity contribution in [1.82, 2.24) is 5.32 Å². The molecule has 1 aliphatic heterocycles. The number of aliphatic hydroxyl groups is 1. The molecule has 1 saturated heterocycles. The van der Waals surface area contributed by atoms with Crippen LogP contribution < -0.4 is 10.2 Å². The predicted molar refractivity (Wildman–Crippen MR) is 66.9 cm³/mol. The predicted octanol–water partition coefficient (Wildman–Crippen LogP) is 1.07. The fraction of sp³-hybridized carbons (Fsp3) is 0.462. The number of nitrogens with one attached hydrogen (secondary N) is 1. The highest BCUT2D eigenvalue weighted by Gasteiger charge is 2.14. The Balaban J connectivity index is 2.12. The van der Waals surface area contributed by atoms with Gasteiger partial charge in [0.25, 0.3) is 0 Å². The van der Waals surface area contributed by atoms with Crippen molar-refractivity contribution < 1.29 is 9.90 Å². The van der Waals surface area contributed by atoms with Gasteiger partial charge in [0.15, 0.2) is 0 Å². The highest BCUT2D eigenvalue weighted by atomic mass is 16.3. The van der Waals surface area contributed by atoms with Gasteiger partial charge in [-0.3, -0.25) is 4.79 Å². The van der Waals surface area contributed by atoms with Crippen LogP contribution in [0.3, 0.4) is 0 Å². The molecule has 1 unspecified atom stereocenters. The highest BCUT2D eigenvalue weighted by molar-refractivity contribution is 5.81. The van der Waals surface area contributed by atoms with Crippen LogP contribution in [0.5, 0.6) is 0 Å². The van der Waals surface area contributed by atoms with Crippen LogP contribution in [-0.2, 0) is 4.79 Å². The molecule has 1 heterocycles. The molecule has 92 valence electrons. The average Bonchev–Trinajstić information content (AvgIpc) is 2.54. The van der Waals surface area contributed by atoms with E-state index in [1.807, 2.05) is 24.3 Å². The molecule has 1 aliphatic rings. The van der Waals surface area contributed by atoms with E-state index < -0.39 is 6.10 Å². The number of hydrogen-bond donors (Lipinski definition) is 2. The number of hydrogen-bond acceptors (Lipinski definition) is 3. The molecule has 1 aromatic carbocycles. The summed E-state index contributed by atoms with van der Waals surface area (Å²) in [6, 6.07) is 7.73. The minimum absolute atomic E-state index is 0.0714. The van der Waals surface area contributed by atoms with Crippen LogP contribution in [-0.4, -0.2) is 30.6 Å². The zero-order chi connectivity index (χ0) is 12.3. The number of rotatable bonds is 2. The van der Waals surface area contributed by atoms with E-state index in [1.165, 1.54) is 0 Å². The second-order valence-corrected chi connectivity index (χ2v) is 4.39. The lowest BCUT2D eigenvalue weighted by Gasteiger charge is -2.21. The van der Waals surface area contributed by atoms with Gasteiger partial charge in [-0.1, -0.05) is 12.1 Å². The number of nitrogens with zero attached hydrogens (tertiary/aromatic N) is 1. The molecule has 4 heteroatoms. The summed E-state index contributed by atoms with van der Waals surface area (Å²) in [7, 11) is 0. The lowest BCUT2D eigenvalue weighted by atomic mass is 10.1. The van der Waals surface area contributed by atoms with Crippen molar-refractivity contribution in [3.63, 3.8) is 0 Å². The van der Waals surface area contributed by atoms with Gasteiger partial charge < -0.3 is 15.3 Å². The monoisotopic (exact) mass is 234 g/mol. The van der Waals surface area contributed by atoms with Crippen LogP contribution >= 0.6 is 0 Å². The van der Waals surface area contributed by atoms with Crippen LogP contribution in [0.2, 0.25) is 0 Å². The molecule has 1 aromatic rings. The third kappa shape index (κ3) is 2.97. The fourth-order valence-electron chi connectivity index (χ4n) is 1.99. The van der Waals surface area contributed by atoms with Crippen LogP contribution in [0.4, 0.5) is 5.69 Å². The Morgan fingerprint density at radius 3 is 2.71 bits per heavy atom. The number of carbonyl (C=O) groups excluding carboxylic acids is 1. The lowest BCUT2D eigenvalue weighted by Crippen LogP contribution is -2.32. The third-order valence-corrected chi connectivity index (χ3v) is 3.00. The van der Waals surface area contributed by atoms with Gasteiger partial charge in [0.2, 0.25) is 5.91 Å². The molecule has 0 saturated carbocycles. The van der Waals surface area contributed by atoms with E-state index in [2.05, 4.69) is 10.2 Å². The Kier molecular flexibility index (Phi) is 3.64. The van der Waals surface area contributed by atoms with Crippen LogP contribution in [0.1, 0.15) is 25.0 Å². The largest absolute Gasteiger partial charge is 0.389 e. The normalized spacial score (nSPS) is 18.5. The molecule has 0 spiro atoms. The van der Waals surface area contributed by atoms with Gasteiger partial charge in [0.1, 0.15) is 0 Å². The first kappa shape index (κ1) is 11.9. The first-order valence-corrected chi connectivity index (χ1v) is 5.96.